The molecule has 7 nitrogen and oxygen atoms in total. The number of unbranched alkanes of at least 4 members (excludes halogenated alkanes) is 1. The second-order valence-electron chi connectivity index (χ2n) is 6.93. The van der Waals surface area contributed by atoms with E-state index in [9.17, 15) is 17.7 Å². The number of hydrogen-bond acceptors (Lipinski definition) is 4. The van der Waals surface area contributed by atoms with E-state index >= 15 is 0 Å². The molecule has 1 aliphatic heterocycles. The summed E-state index contributed by atoms with van der Waals surface area (Å²) < 4.78 is 40.2. The fraction of sp³-hybridized carbons (Fsp3) is 0.368. The van der Waals surface area contributed by atoms with Gasteiger partial charge in [0.25, 0.3) is 4.92 Å². The van der Waals surface area contributed by atoms with E-state index in [1.165, 1.54) is 6.07 Å². The Morgan fingerprint density at radius 2 is 1.97 bits per heavy atom. The number of benzene rings is 2. The highest BCUT2D eigenvalue weighted by atomic mass is 35.5. The third-order valence-corrected chi connectivity index (χ3v) is 6.64. The van der Waals surface area contributed by atoms with Crippen LogP contribution < -0.4 is 4.72 Å². The Morgan fingerprint density at radius 3 is 2.69 bits per heavy atom. The molecule has 0 spiro atoms. The predicted octanol–water partition coefficient (Wildman–Crippen LogP) is 3.40. The Balaban J connectivity index is 1.45. The highest BCUT2D eigenvalue weighted by Gasteiger charge is 2.21. The average molecular weight is 443 g/mol. The third-order valence-electron chi connectivity index (χ3n) is 4.90. The summed E-state index contributed by atoms with van der Waals surface area (Å²) in [7, 11) is -3.73. The molecule has 2 aromatic rings. The second kappa shape index (κ2) is 9.17. The van der Waals surface area contributed by atoms with Gasteiger partial charge in [-0.3, -0.25) is 4.90 Å². The molecule has 0 amide bonds. The standard InChI is InChI=1S/C19H22ClFN3O4S/c20-18-12-17(5-6-19(18)21)29(27,28)22-8-1-2-9-23-10-7-14-3-4-16(24(25)26)11-15(14)13-23/h3-6,11-12,22H,1-2,7-10,13H2,(H,25,26)/q+1. The third kappa shape index (κ3) is 5.51. The van der Waals surface area contributed by atoms with Gasteiger partial charge in [-0.15, -0.1) is 0 Å². The molecule has 0 saturated carbocycles. The second-order valence-corrected chi connectivity index (χ2v) is 9.11. The van der Waals surface area contributed by atoms with Crippen molar-refractivity contribution in [3.8, 4) is 0 Å². The van der Waals surface area contributed by atoms with E-state index in [4.69, 9.17) is 16.8 Å². The van der Waals surface area contributed by atoms with Crippen molar-refractivity contribution in [2.24, 2.45) is 0 Å². The zero-order valence-corrected chi connectivity index (χ0v) is 17.2. The largest absolute Gasteiger partial charge is 0.316 e. The highest BCUT2D eigenvalue weighted by Crippen LogP contribution is 2.24. The SMILES string of the molecule is O=[N+](O)c1ccc2c(c1)CN(CCCCNS(=O)(=O)c1ccc(F)c(Cl)c1)CC2. The smallest absolute Gasteiger partial charge is 0.299 e. The number of halogens is 2. The average Bonchev–Trinajstić information content (AvgIpc) is 2.69. The van der Waals surface area contributed by atoms with E-state index in [1.807, 2.05) is 6.07 Å². The van der Waals surface area contributed by atoms with Gasteiger partial charge in [-0.25, -0.2) is 22.7 Å². The van der Waals surface area contributed by atoms with Gasteiger partial charge in [0.1, 0.15) is 5.82 Å². The lowest BCUT2D eigenvalue weighted by molar-refractivity contribution is -0.729. The number of hydrogen-bond donors (Lipinski definition) is 2. The first-order chi connectivity index (χ1) is 13.8. The molecule has 10 heteroatoms. The van der Waals surface area contributed by atoms with E-state index < -0.39 is 15.8 Å². The Labute approximate surface area is 173 Å². The molecule has 0 bridgehead atoms. The topological polar surface area (TPSA) is 89.7 Å². The summed E-state index contributed by atoms with van der Waals surface area (Å²) in [6, 6.07) is 8.45. The summed E-state index contributed by atoms with van der Waals surface area (Å²) >= 11 is 5.65. The molecular formula is C19H22ClFN3O4S+. The van der Waals surface area contributed by atoms with Gasteiger partial charge in [-0.2, -0.15) is 0 Å². The van der Waals surface area contributed by atoms with Crippen molar-refractivity contribution in [3.05, 3.63) is 63.3 Å². The Morgan fingerprint density at radius 1 is 1.17 bits per heavy atom. The van der Waals surface area contributed by atoms with Crippen LogP contribution in [0.25, 0.3) is 0 Å². The van der Waals surface area contributed by atoms with E-state index in [2.05, 4.69) is 9.62 Å². The van der Waals surface area contributed by atoms with Gasteiger partial charge < -0.3 is 0 Å². The van der Waals surface area contributed by atoms with Gasteiger partial charge in [0.05, 0.1) is 14.8 Å². The normalized spacial score (nSPS) is 14.6. The quantitative estimate of drug-likeness (QED) is 0.483. The molecule has 0 radical (unpaired) electrons. The van der Waals surface area contributed by atoms with Crippen LogP contribution in [0, 0.1) is 10.7 Å². The molecule has 2 N–H and O–H groups in total. The van der Waals surface area contributed by atoms with Crippen LogP contribution in [0.5, 0.6) is 0 Å². The maximum absolute atomic E-state index is 13.2. The molecule has 29 heavy (non-hydrogen) atoms. The monoisotopic (exact) mass is 442 g/mol. The molecule has 2 aromatic carbocycles. The van der Waals surface area contributed by atoms with Crippen molar-refractivity contribution < 1.29 is 22.9 Å². The lowest BCUT2D eigenvalue weighted by atomic mass is 9.99. The fourth-order valence-corrected chi connectivity index (χ4v) is 4.65. The molecule has 1 aliphatic rings. The first-order valence-corrected chi connectivity index (χ1v) is 11.1. The Kier molecular flexibility index (Phi) is 6.84. The fourth-order valence-electron chi connectivity index (χ4n) is 3.31. The number of sulfonamides is 1. The van der Waals surface area contributed by atoms with Crippen LogP contribution in [0.4, 0.5) is 10.1 Å². The van der Waals surface area contributed by atoms with E-state index in [0.717, 1.165) is 49.2 Å². The highest BCUT2D eigenvalue weighted by molar-refractivity contribution is 7.89. The Hall–Kier alpha value is -2.07. The van der Waals surface area contributed by atoms with Crippen LogP contribution in [-0.4, -0.2) is 43.1 Å². The molecule has 0 unspecified atom stereocenters. The van der Waals surface area contributed by atoms with Crippen molar-refractivity contribution in [3.63, 3.8) is 0 Å². The molecule has 1 heterocycles. The van der Waals surface area contributed by atoms with Crippen molar-refractivity contribution in [2.75, 3.05) is 19.6 Å². The van der Waals surface area contributed by atoms with Crippen LogP contribution in [0.15, 0.2) is 41.3 Å². The van der Waals surface area contributed by atoms with E-state index in [-0.39, 0.29) is 27.1 Å². The maximum Gasteiger partial charge on any atom is 0.316 e. The Bertz CT molecular complexity index is 1020. The lowest BCUT2D eigenvalue weighted by Gasteiger charge is -2.28. The van der Waals surface area contributed by atoms with Gasteiger partial charge in [-0.1, -0.05) is 17.7 Å². The van der Waals surface area contributed by atoms with Crippen LogP contribution in [0.2, 0.25) is 5.02 Å². The summed E-state index contributed by atoms with van der Waals surface area (Å²) in [5.74, 6) is -0.664. The zero-order valence-electron chi connectivity index (χ0n) is 15.6. The summed E-state index contributed by atoms with van der Waals surface area (Å²) in [5, 5.41) is 8.82. The van der Waals surface area contributed by atoms with Crippen molar-refractivity contribution >= 4 is 27.3 Å². The summed E-state index contributed by atoms with van der Waals surface area (Å²) in [5.41, 5.74) is 2.39. The van der Waals surface area contributed by atoms with Crippen LogP contribution in [0.3, 0.4) is 0 Å². The van der Waals surface area contributed by atoms with Gasteiger partial charge in [0.15, 0.2) is 0 Å². The van der Waals surface area contributed by atoms with E-state index in [0.29, 0.717) is 13.0 Å². The number of fused-ring (bicyclic) bond motifs is 1. The predicted molar refractivity (Wildman–Crippen MR) is 106 cm³/mol. The van der Waals surface area contributed by atoms with Crippen molar-refractivity contribution in [1.29, 1.82) is 0 Å². The molecule has 0 aromatic heterocycles. The molecular weight excluding hydrogens is 421 g/mol. The molecule has 0 atom stereocenters. The minimum atomic E-state index is -3.73. The zero-order chi connectivity index (χ0) is 21.0. The molecule has 0 saturated heterocycles. The lowest BCUT2D eigenvalue weighted by Crippen LogP contribution is -2.32. The first kappa shape index (κ1) is 21.6. The molecule has 3 rings (SSSR count). The summed E-state index contributed by atoms with van der Waals surface area (Å²) in [6.45, 7) is 2.61. The molecule has 156 valence electrons. The molecule has 0 fully saturated rings. The number of rotatable bonds is 8. The minimum absolute atomic E-state index is 0.0661. The maximum atomic E-state index is 13.2. The van der Waals surface area contributed by atoms with Gasteiger partial charge in [0.2, 0.25) is 10.0 Å². The van der Waals surface area contributed by atoms with Crippen LogP contribution in [0.1, 0.15) is 24.0 Å². The first-order valence-electron chi connectivity index (χ1n) is 9.21. The summed E-state index contributed by atoms with van der Waals surface area (Å²) in [4.78, 5) is 13.1. The molecule has 0 aliphatic carbocycles. The van der Waals surface area contributed by atoms with Gasteiger partial charge >= 0.3 is 5.69 Å². The number of nitrogens with one attached hydrogen (secondary N) is 1. The van der Waals surface area contributed by atoms with Crippen LogP contribution >= 0.6 is 11.6 Å². The summed E-state index contributed by atoms with van der Waals surface area (Å²) in [6.07, 6.45) is 2.29. The van der Waals surface area contributed by atoms with E-state index in [1.54, 1.807) is 12.1 Å². The minimum Gasteiger partial charge on any atom is -0.299 e. The van der Waals surface area contributed by atoms with Crippen LogP contribution in [-0.2, 0) is 23.0 Å². The van der Waals surface area contributed by atoms with Gasteiger partial charge in [0, 0.05) is 31.8 Å². The van der Waals surface area contributed by atoms with Crippen molar-refractivity contribution in [1.82, 2.24) is 9.62 Å². The van der Waals surface area contributed by atoms with Gasteiger partial charge in [-0.05, 0) is 55.1 Å². The van der Waals surface area contributed by atoms with Crippen molar-refractivity contribution in [2.45, 2.75) is 30.7 Å². The number of nitrogens with zero attached hydrogens (tertiary/aromatic N) is 2.